The zero-order valence-corrected chi connectivity index (χ0v) is 12.9. The minimum Gasteiger partial charge on any atom is -0.411 e. The lowest BCUT2D eigenvalue weighted by Gasteiger charge is -2.17. The Morgan fingerprint density at radius 3 is 2.00 bits per heavy atom. The van der Waals surface area contributed by atoms with Crippen LogP contribution in [0.5, 0.6) is 0 Å². The maximum absolute atomic E-state index is 8.93. The summed E-state index contributed by atoms with van der Waals surface area (Å²) in [7, 11) is 1.88. The molecule has 0 aliphatic carbocycles. The van der Waals surface area contributed by atoms with Gasteiger partial charge in [-0.25, -0.2) is 0 Å². The Morgan fingerprint density at radius 2 is 1.43 bits per heavy atom. The number of nitrogens with zero attached hydrogens (tertiary/aromatic N) is 1. The zero-order chi connectivity index (χ0) is 16.1. The Bertz CT molecular complexity index is 812. The fourth-order valence-electron chi connectivity index (χ4n) is 2.82. The van der Waals surface area contributed by atoms with Crippen LogP contribution in [-0.4, -0.2) is 18.5 Å². The highest BCUT2D eigenvalue weighted by atomic mass is 16.4. The van der Waals surface area contributed by atoms with Gasteiger partial charge in [0, 0.05) is 18.2 Å². The first kappa shape index (κ1) is 14.9. The number of rotatable bonds is 4. The second kappa shape index (κ2) is 6.79. The fourth-order valence-corrected chi connectivity index (χ4v) is 2.82. The minimum absolute atomic E-state index is 0.841. The highest BCUT2D eigenvalue weighted by Crippen LogP contribution is 2.39. The Balaban J connectivity index is 2.33. The van der Waals surface area contributed by atoms with E-state index >= 15 is 0 Å². The molecule has 0 spiro atoms. The molecule has 3 nitrogen and oxygen atoms in total. The van der Waals surface area contributed by atoms with Crippen molar-refractivity contribution in [1.29, 1.82) is 0 Å². The van der Waals surface area contributed by atoms with Gasteiger partial charge >= 0.3 is 0 Å². The molecule has 2 N–H and O–H groups in total. The third-order valence-corrected chi connectivity index (χ3v) is 3.83. The van der Waals surface area contributed by atoms with Gasteiger partial charge in [0.2, 0.25) is 0 Å². The molecule has 0 aliphatic rings. The quantitative estimate of drug-likeness (QED) is 0.410. The smallest absolute Gasteiger partial charge is 0.0754 e. The van der Waals surface area contributed by atoms with Crippen molar-refractivity contribution in [3.05, 3.63) is 78.4 Å². The van der Waals surface area contributed by atoms with Gasteiger partial charge in [-0.1, -0.05) is 78.0 Å². The zero-order valence-electron chi connectivity index (χ0n) is 12.9. The van der Waals surface area contributed by atoms with E-state index in [1.807, 2.05) is 49.5 Å². The minimum atomic E-state index is 0.841. The number of nitrogens with one attached hydrogen (secondary N) is 1. The van der Waals surface area contributed by atoms with E-state index in [4.69, 9.17) is 5.21 Å². The summed E-state index contributed by atoms with van der Waals surface area (Å²) >= 11 is 0. The molecule has 0 heterocycles. The van der Waals surface area contributed by atoms with Crippen LogP contribution in [0.2, 0.25) is 0 Å². The lowest BCUT2D eigenvalue weighted by molar-refractivity contribution is 0.322. The molecule has 0 fully saturated rings. The Labute approximate surface area is 135 Å². The summed E-state index contributed by atoms with van der Waals surface area (Å²) in [5.41, 5.74) is 6.27. The molecule has 0 amide bonds. The number of anilines is 1. The van der Waals surface area contributed by atoms with Crippen LogP contribution in [0.3, 0.4) is 0 Å². The Morgan fingerprint density at radius 1 is 0.826 bits per heavy atom. The first-order chi connectivity index (χ1) is 11.3. The highest BCUT2D eigenvalue weighted by Gasteiger charge is 2.14. The van der Waals surface area contributed by atoms with Crippen molar-refractivity contribution in [3.63, 3.8) is 0 Å². The van der Waals surface area contributed by atoms with Crippen molar-refractivity contribution >= 4 is 11.9 Å². The van der Waals surface area contributed by atoms with Gasteiger partial charge in [-0.2, -0.15) is 0 Å². The first-order valence-corrected chi connectivity index (χ1v) is 7.48. The van der Waals surface area contributed by atoms with Crippen LogP contribution in [0.1, 0.15) is 5.56 Å². The van der Waals surface area contributed by atoms with Gasteiger partial charge in [0.15, 0.2) is 0 Å². The number of oxime groups is 1. The van der Waals surface area contributed by atoms with Crippen LogP contribution < -0.4 is 5.32 Å². The molecule has 114 valence electrons. The van der Waals surface area contributed by atoms with Gasteiger partial charge < -0.3 is 10.5 Å². The average molecular weight is 302 g/mol. The van der Waals surface area contributed by atoms with Crippen LogP contribution >= 0.6 is 0 Å². The topological polar surface area (TPSA) is 44.6 Å². The summed E-state index contributed by atoms with van der Waals surface area (Å²) in [6.45, 7) is 0. The van der Waals surface area contributed by atoms with E-state index in [2.05, 4.69) is 40.8 Å². The van der Waals surface area contributed by atoms with Crippen LogP contribution in [0.25, 0.3) is 22.3 Å². The Kier molecular flexibility index (Phi) is 4.39. The molecule has 0 bridgehead atoms. The third-order valence-electron chi connectivity index (χ3n) is 3.83. The lowest BCUT2D eigenvalue weighted by Crippen LogP contribution is -2.00. The molecule has 0 radical (unpaired) electrons. The summed E-state index contributed by atoms with van der Waals surface area (Å²) in [6.07, 6.45) is 1.45. The summed E-state index contributed by atoms with van der Waals surface area (Å²) < 4.78 is 0. The van der Waals surface area contributed by atoms with Crippen molar-refractivity contribution < 1.29 is 5.21 Å². The largest absolute Gasteiger partial charge is 0.411 e. The second-order valence-corrected chi connectivity index (χ2v) is 5.18. The predicted octanol–water partition coefficient (Wildman–Crippen LogP) is 4.87. The summed E-state index contributed by atoms with van der Waals surface area (Å²) in [5, 5.41) is 15.4. The van der Waals surface area contributed by atoms with Crippen molar-refractivity contribution in [2.45, 2.75) is 0 Å². The molecule has 0 atom stereocenters. The molecule has 0 saturated heterocycles. The van der Waals surface area contributed by atoms with Gasteiger partial charge in [-0.3, -0.25) is 0 Å². The molecule has 23 heavy (non-hydrogen) atoms. The van der Waals surface area contributed by atoms with E-state index in [1.54, 1.807) is 0 Å². The van der Waals surface area contributed by atoms with Crippen LogP contribution in [0.4, 0.5) is 5.69 Å². The van der Waals surface area contributed by atoms with Gasteiger partial charge in [0.25, 0.3) is 0 Å². The fraction of sp³-hybridized carbons (Fsp3) is 0.0500. The molecule has 0 unspecified atom stereocenters. The normalized spacial score (nSPS) is 10.8. The SMILES string of the molecule is CNc1c(/C=N/O)ccc(-c2ccccc2)c1-c1ccccc1. The number of benzene rings is 3. The van der Waals surface area contributed by atoms with E-state index in [9.17, 15) is 0 Å². The van der Waals surface area contributed by atoms with Gasteiger partial charge in [-0.05, 0) is 16.7 Å². The summed E-state index contributed by atoms with van der Waals surface area (Å²) in [6, 6.07) is 24.5. The Hall–Kier alpha value is -3.07. The molecular formula is C20H18N2O. The average Bonchev–Trinajstić information content (AvgIpc) is 2.63. The second-order valence-electron chi connectivity index (χ2n) is 5.18. The molecule has 0 saturated carbocycles. The maximum Gasteiger partial charge on any atom is 0.0754 e. The lowest BCUT2D eigenvalue weighted by atomic mass is 9.91. The molecule has 3 aromatic carbocycles. The highest BCUT2D eigenvalue weighted by molar-refractivity contribution is 6.00. The molecule has 0 aromatic heterocycles. The van der Waals surface area contributed by atoms with Crippen LogP contribution in [0, 0.1) is 0 Å². The van der Waals surface area contributed by atoms with Gasteiger partial charge in [0.05, 0.1) is 11.9 Å². The number of hydrogen-bond acceptors (Lipinski definition) is 3. The van der Waals surface area contributed by atoms with Crippen molar-refractivity contribution in [2.24, 2.45) is 5.16 Å². The van der Waals surface area contributed by atoms with E-state index < -0.39 is 0 Å². The molecule has 3 heteroatoms. The molecular weight excluding hydrogens is 284 g/mol. The summed E-state index contributed by atoms with van der Waals surface area (Å²) in [5.74, 6) is 0. The first-order valence-electron chi connectivity index (χ1n) is 7.48. The van der Waals surface area contributed by atoms with E-state index in [0.29, 0.717) is 0 Å². The summed E-state index contributed by atoms with van der Waals surface area (Å²) in [4.78, 5) is 0. The van der Waals surface area contributed by atoms with E-state index in [1.165, 1.54) is 6.21 Å². The molecule has 0 aliphatic heterocycles. The van der Waals surface area contributed by atoms with Crippen molar-refractivity contribution in [2.75, 3.05) is 12.4 Å². The maximum atomic E-state index is 8.93. The predicted molar refractivity (Wildman–Crippen MR) is 96.2 cm³/mol. The molecule has 3 rings (SSSR count). The van der Waals surface area contributed by atoms with Gasteiger partial charge in [0.1, 0.15) is 0 Å². The number of hydrogen-bond donors (Lipinski definition) is 2. The standard InChI is InChI=1S/C20H18N2O/c1-21-20-17(14-22-23)12-13-18(15-8-4-2-5-9-15)19(20)16-10-6-3-7-11-16/h2-14,21,23H,1H3/b22-14+. The van der Waals surface area contributed by atoms with Crippen LogP contribution in [0.15, 0.2) is 78.0 Å². The third kappa shape index (κ3) is 2.94. The van der Waals surface area contributed by atoms with Crippen molar-refractivity contribution in [3.8, 4) is 22.3 Å². The van der Waals surface area contributed by atoms with E-state index in [0.717, 1.165) is 33.5 Å². The van der Waals surface area contributed by atoms with Crippen LogP contribution in [-0.2, 0) is 0 Å². The monoisotopic (exact) mass is 302 g/mol. The van der Waals surface area contributed by atoms with E-state index in [-0.39, 0.29) is 0 Å². The molecule has 3 aromatic rings. The van der Waals surface area contributed by atoms with Gasteiger partial charge in [-0.15, -0.1) is 0 Å². The van der Waals surface area contributed by atoms with Crippen molar-refractivity contribution in [1.82, 2.24) is 0 Å².